The van der Waals surface area contributed by atoms with Crippen molar-refractivity contribution in [2.24, 2.45) is 0 Å². The molecule has 0 amide bonds. The van der Waals surface area contributed by atoms with Crippen LogP contribution in [0.3, 0.4) is 0 Å². The van der Waals surface area contributed by atoms with Gasteiger partial charge in [0, 0.05) is 41.5 Å². The van der Waals surface area contributed by atoms with Crippen LogP contribution in [0.15, 0.2) is 73.3 Å². The van der Waals surface area contributed by atoms with Crippen LogP contribution in [0, 0.1) is 13.8 Å². The van der Waals surface area contributed by atoms with Crippen LogP contribution in [0.25, 0.3) is 22.3 Å². The minimum absolute atomic E-state index is 0.218. The zero-order valence-corrected chi connectivity index (χ0v) is 22.0. The topological polar surface area (TPSA) is 68.1 Å². The molecule has 0 atom stereocenters. The summed E-state index contributed by atoms with van der Waals surface area (Å²) in [4.78, 5) is 12.6. The number of ether oxygens (including phenoxy) is 1. The number of aromatic nitrogens is 3. The number of pyridine rings is 3. The lowest BCUT2D eigenvalue weighted by molar-refractivity contribution is 0.114. The maximum atomic E-state index is 8.69. The van der Waals surface area contributed by atoms with Gasteiger partial charge in [0.1, 0.15) is 11.9 Å². The van der Waals surface area contributed by atoms with E-state index in [1.54, 1.807) is 12.1 Å². The number of hydrogen-bond donors (Lipinski definition) is 1. The summed E-state index contributed by atoms with van der Waals surface area (Å²) >= 11 is 0. The first-order chi connectivity index (χ1) is 17.5. The lowest BCUT2D eigenvalue weighted by atomic mass is 9.94. The lowest BCUT2D eigenvalue weighted by Crippen LogP contribution is -2.24. The van der Waals surface area contributed by atoms with Crippen LogP contribution in [0.4, 0.5) is 0 Å². The van der Waals surface area contributed by atoms with Crippen molar-refractivity contribution in [3.05, 3.63) is 90.1 Å². The number of hydrogen-bond acceptors (Lipinski definition) is 5. The molecule has 0 spiro atoms. The third-order valence-corrected chi connectivity index (χ3v) is 6.11. The van der Waals surface area contributed by atoms with E-state index in [9.17, 15) is 0 Å². The van der Waals surface area contributed by atoms with E-state index in [-0.39, 0.29) is 5.75 Å². The minimum Gasteiger partial charge on any atom is -0.506 e. The van der Waals surface area contributed by atoms with E-state index in [4.69, 9.17) is 9.84 Å². The molecule has 1 aliphatic rings. The molecule has 5 rings (SSSR count). The van der Waals surface area contributed by atoms with Gasteiger partial charge in [-0.2, -0.15) is 0 Å². The van der Waals surface area contributed by atoms with Gasteiger partial charge in [0.2, 0.25) is 5.88 Å². The summed E-state index contributed by atoms with van der Waals surface area (Å²) in [6.45, 7) is 10.2. The van der Waals surface area contributed by atoms with Crippen molar-refractivity contribution >= 4 is 0 Å². The van der Waals surface area contributed by atoms with Crippen molar-refractivity contribution in [2.45, 2.75) is 66.4 Å². The highest BCUT2D eigenvalue weighted by Crippen LogP contribution is 2.31. The number of aryl methyl sites for hydroxylation is 3. The molecule has 0 unspecified atom stereocenters. The molecule has 1 fully saturated rings. The smallest absolute Gasteiger partial charge is 0.213 e. The van der Waals surface area contributed by atoms with E-state index in [0.717, 1.165) is 36.4 Å². The van der Waals surface area contributed by atoms with Gasteiger partial charge in [-0.3, -0.25) is 9.97 Å². The molecule has 4 aromatic rings. The van der Waals surface area contributed by atoms with Crippen molar-refractivity contribution in [1.29, 1.82) is 0 Å². The first kappa shape index (κ1) is 26.9. The summed E-state index contributed by atoms with van der Waals surface area (Å²) in [6.07, 6.45) is 12.1. The molecule has 0 bridgehead atoms. The van der Waals surface area contributed by atoms with Gasteiger partial charge >= 0.3 is 0 Å². The first-order valence-electron chi connectivity index (χ1n) is 12.8. The van der Waals surface area contributed by atoms with Gasteiger partial charge in [-0.15, -0.1) is 0 Å². The molecule has 1 saturated carbocycles. The molecule has 0 radical (unpaired) electrons. The maximum absolute atomic E-state index is 8.69. The molecule has 3 aromatic heterocycles. The molecule has 1 aliphatic carbocycles. The van der Waals surface area contributed by atoms with Gasteiger partial charge in [0.05, 0.1) is 6.20 Å². The molecule has 5 heteroatoms. The molecule has 0 saturated heterocycles. The fraction of sp³-hybridized carbons (Fsp3) is 0.323. The Bertz CT molecular complexity index is 1200. The van der Waals surface area contributed by atoms with E-state index >= 15 is 0 Å². The van der Waals surface area contributed by atoms with Crippen LogP contribution in [0.5, 0.6) is 11.6 Å². The van der Waals surface area contributed by atoms with Gasteiger partial charge < -0.3 is 9.84 Å². The minimum atomic E-state index is 0.218. The summed E-state index contributed by atoms with van der Waals surface area (Å²) in [5, 5.41) is 8.69. The molecule has 1 aromatic carbocycles. The standard InChI is InChI=1S/C23H24N2O.C6H7NO.C2H6/c1-3-17-11-12-24-15-22(17)21-9-7-18(13-16(21)2)19-8-10-23(25-14-19)26-20-5-4-6-20;1-5-2-3-6(8)4-7-5;1-2/h7-15,20H,3-6H2,1-2H3;2-4,8H,1H3;1-2H3. The molecular formula is C31H37N3O2. The normalized spacial score (nSPS) is 12.4. The van der Waals surface area contributed by atoms with Crippen LogP contribution < -0.4 is 4.74 Å². The van der Waals surface area contributed by atoms with E-state index in [1.165, 1.54) is 40.4 Å². The molecule has 188 valence electrons. The molecule has 0 aliphatic heterocycles. The highest BCUT2D eigenvalue weighted by molar-refractivity contribution is 5.74. The summed E-state index contributed by atoms with van der Waals surface area (Å²) < 4.78 is 5.85. The van der Waals surface area contributed by atoms with Gasteiger partial charge in [0.25, 0.3) is 0 Å². The van der Waals surface area contributed by atoms with Crippen molar-refractivity contribution in [1.82, 2.24) is 15.0 Å². The monoisotopic (exact) mass is 483 g/mol. The van der Waals surface area contributed by atoms with Crippen LogP contribution in [-0.2, 0) is 6.42 Å². The van der Waals surface area contributed by atoms with Crippen LogP contribution in [0.2, 0.25) is 0 Å². The Morgan fingerprint density at radius 1 is 0.861 bits per heavy atom. The Labute approximate surface area is 215 Å². The van der Waals surface area contributed by atoms with E-state index < -0.39 is 0 Å². The third-order valence-electron chi connectivity index (χ3n) is 6.11. The molecule has 1 N–H and O–H groups in total. The second kappa shape index (κ2) is 13.4. The first-order valence-corrected chi connectivity index (χ1v) is 12.8. The summed E-state index contributed by atoms with van der Waals surface area (Å²) in [5.74, 6) is 0.949. The Kier molecular flexibility index (Phi) is 9.99. The third kappa shape index (κ3) is 7.14. The number of rotatable bonds is 5. The second-order valence-corrected chi connectivity index (χ2v) is 8.63. The lowest BCUT2D eigenvalue weighted by Gasteiger charge is -2.25. The zero-order valence-electron chi connectivity index (χ0n) is 22.0. The largest absolute Gasteiger partial charge is 0.506 e. The van der Waals surface area contributed by atoms with Gasteiger partial charge in [-0.05, 0) is 86.1 Å². The molecule has 36 heavy (non-hydrogen) atoms. The average Bonchev–Trinajstić information content (AvgIpc) is 2.90. The van der Waals surface area contributed by atoms with Crippen LogP contribution in [0.1, 0.15) is 56.9 Å². The average molecular weight is 484 g/mol. The van der Waals surface area contributed by atoms with Gasteiger partial charge in [-0.1, -0.05) is 39.0 Å². The number of benzene rings is 1. The molecular weight excluding hydrogens is 446 g/mol. The van der Waals surface area contributed by atoms with Gasteiger partial charge in [0.15, 0.2) is 0 Å². The van der Waals surface area contributed by atoms with E-state index in [0.29, 0.717) is 6.10 Å². The Balaban J connectivity index is 0.000000305. The van der Waals surface area contributed by atoms with Crippen LogP contribution in [-0.4, -0.2) is 26.2 Å². The predicted octanol–water partition coefficient (Wildman–Crippen LogP) is 7.73. The quantitative estimate of drug-likeness (QED) is 0.314. The van der Waals surface area contributed by atoms with Crippen molar-refractivity contribution in [3.63, 3.8) is 0 Å². The van der Waals surface area contributed by atoms with Crippen molar-refractivity contribution in [3.8, 4) is 33.9 Å². The molecule has 3 heterocycles. The van der Waals surface area contributed by atoms with E-state index in [1.807, 2.05) is 45.4 Å². The summed E-state index contributed by atoms with van der Waals surface area (Å²) in [7, 11) is 0. The Hall–Kier alpha value is -3.73. The fourth-order valence-electron chi connectivity index (χ4n) is 3.86. The highest BCUT2D eigenvalue weighted by Gasteiger charge is 2.19. The highest BCUT2D eigenvalue weighted by atomic mass is 16.5. The maximum Gasteiger partial charge on any atom is 0.213 e. The Morgan fingerprint density at radius 3 is 2.19 bits per heavy atom. The second-order valence-electron chi connectivity index (χ2n) is 8.63. The Morgan fingerprint density at radius 2 is 1.64 bits per heavy atom. The van der Waals surface area contributed by atoms with Crippen LogP contribution >= 0.6 is 0 Å². The summed E-state index contributed by atoms with van der Waals surface area (Å²) in [6, 6.07) is 16.1. The van der Waals surface area contributed by atoms with E-state index in [2.05, 4.69) is 59.1 Å². The number of nitrogens with zero attached hydrogens (tertiary/aromatic N) is 3. The van der Waals surface area contributed by atoms with Crippen molar-refractivity contribution in [2.75, 3.05) is 0 Å². The SMILES string of the molecule is CC.CCc1ccncc1-c1ccc(-c2ccc(OC3CCC3)nc2)cc1C.Cc1ccc(O)cn1. The fourth-order valence-corrected chi connectivity index (χ4v) is 3.86. The predicted molar refractivity (Wildman–Crippen MR) is 147 cm³/mol. The number of aromatic hydroxyl groups is 1. The summed E-state index contributed by atoms with van der Waals surface area (Å²) in [5.41, 5.74) is 8.26. The van der Waals surface area contributed by atoms with Crippen molar-refractivity contribution < 1.29 is 9.84 Å². The van der Waals surface area contributed by atoms with Gasteiger partial charge in [-0.25, -0.2) is 4.98 Å². The zero-order chi connectivity index (χ0) is 25.9. The molecule has 5 nitrogen and oxygen atoms in total.